The minimum atomic E-state index is -0.829. The number of ether oxygens (including phenoxy) is 3. The molecule has 19 heavy (non-hydrogen) atoms. The molecule has 0 aromatic rings. The van der Waals surface area contributed by atoms with Crippen LogP contribution in [0.3, 0.4) is 0 Å². The maximum Gasteiger partial charge on any atom is 0.312 e. The van der Waals surface area contributed by atoms with Crippen LogP contribution in [-0.2, 0) is 23.8 Å². The molecular formula is C14H24O5. The second-order valence-electron chi connectivity index (χ2n) is 5.96. The monoisotopic (exact) mass is 272 g/mol. The first-order valence-corrected chi connectivity index (χ1v) is 6.63. The third-order valence-electron chi connectivity index (χ3n) is 3.92. The number of carbonyl (C=O) groups is 2. The summed E-state index contributed by atoms with van der Waals surface area (Å²) in [6.07, 6.45) is 0.953. The minimum Gasteiger partial charge on any atom is -0.465 e. The van der Waals surface area contributed by atoms with Crippen LogP contribution in [0, 0.1) is 11.3 Å². The van der Waals surface area contributed by atoms with Crippen molar-refractivity contribution in [1.82, 2.24) is 0 Å². The van der Waals surface area contributed by atoms with Gasteiger partial charge in [-0.3, -0.25) is 9.59 Å². The Balaban J connectivity index is 2.82. The van der Waals surface area contributed by atoms with Crippen LogP contribution in [0.1, 0.15) is 40.5 Å². The van der Waals surface area contributed by atoms with Crippen molar-refractivity contribution in [2.45, 2.75) is 46.1 Å². The van der Waals surface area contributed by atoms with Gasteiger partial charge in [-0.15, -0.1) is 0 Å². The average molecular weight is 272 g/mol. The van der Waals surface area contributed by atoms with Gasteiger partial charge in [0.15, 0.2) is 0 Å². The molecule has 0 N–H and O–H groups in total. The number of esters is 2. The number of methoxy groups -OCH3 is 1. The van der Waals surface area contributed by atoms with Gasteiger partial charge in [0.05, 0.1) is 25.0 Å². The molecule has 1 aliphatic rings. The fourth-order valence-electron chi connectivity index (χ4n) is 1.92. The van der Waals surface area contributed by atoms with Crippen LogP contribution in [0.15, 0.2) is 0 Å². The van der Waals surface area contributed by atoms with Gasteiger partial charge in [0.1, 0.15) is 5.60 Å². The number of cyclic esters (lactones) is 1. The maximum atomic E-state index is 12.2. The summed E-state index contributed by atoms with van der Waals surface area (Å²) in [6, 6.07) is 0. The van der Waals surface area contributed by atoms with Crippen LogP contribution >= 0.6 is 0 Å². The molecule has 5 nitrogen and oxygen atoms in total. The highest BCUT2D eigenvalue weighted by atomic mass is 16.6. The number of carbonyl (C=O) groups excluding carboxylic acids is 2. The van der Waals surface area contributed by atoms with Gasteiger partial charge in [0.25, 0.3) is 0 Å². The SMILES string of the molecule is CCC(C)(C)C(=O)OC(C)(COC)C1COC(=O)C1. The summed E-state index contributed by atoms with van der Waals surface area (Å²) >= 11 is 0. The van der Waals surface area contributed by atoms with Crippen LogP contribution < -0.4 is 0 Å². The molecule has 0 amide bonds. The van der Waals surface area contributed by atoms with Gasteiger partial charge in [0.2, 0.25) is 0 Å². The second-order valence-corrected chi connectivity index (χ2v) is 5.96. The Labute approximate surface area is 114 Å². The molecule has 1 heterocycles. The van der Waals surface area contributed by atoms with E-state index in [-0.39, 0.29) is 37.5 Å². The maximum absolute atomic E-state index is 12.2. The Morgan fingerprint density at radius 1 is 1.42 bits per heavy atom. The van der Waals surface area contributed by atoms with Crippen molar-refractivity contribution in [2.24, 2.45) is 11.3 Å². The molecule has 0 radical (unpaired) electrons. The van der Waals surface area contributed by atoms with Crippen LogP contribution in [0.25, 0.3) is 0 Å². The molecule has 0 aliphatic carbocycles. The molecule has 0 saturated carbocycles. The van der Waals surface area contributed by atoms with Gasteiger partial charge in [-0.2, -0.15) is 0 Å². The van der Waals surface area contributed by atoms with E-state index in [1.807, 2.05) is 20.8 Å². The van der Waals surface area contributed by atoms with Crippen molar-refractivity contribution >= 4 is 11.9 Å². The fraction of sp³-hybridized carbons (Fsp3) is 0.857. The first-order chi connectivity index (χ1) is 8.75. The molecule has 0 aromatic heterocycles. The zero-order valence-corrected chi connectivity index (χ0v) is 12.4. The minimum absolute atomic E-state index is 0.156. The van der Waals surface area contributed by atoms with Crippen LogP contribution in [0.2, 0.25) is 0 Å². The van der Waals surface area contributed by atoms with Gasteiger partial charge < -0.3 is 14.2 Å². The summed E-state index contributed by atoms with van der Waals surface area (Å²) in [4.78, 5) is 23.5. The zero-order valence-electron chi connectivity index (χ0n) is 12.4. The molecule has 2 unspecified atom stereocenters. The van der Waals surface area contributed by atoms with Crippen molar-refractivity contribution in [3.8, 4) is 0 Å². The summed E-state index contributed by atoms with van der Waals surface area (Å²) < 4.78 is 15.8. The Kier molecular flexibility index (Phi) is 4.96. The molecule has 1 saturated heterocycles. The molecule has 2 atom stereocenters. The molecule has 110 valence electrons. The topological polar surface area (TPSA) is 61.8 Å². The molecule has 1 aliphatic heterocycles. The van der Waals surface area contributed by atoms with Crippen molar-refractivity contribution in [3.63, 3.8) is 0 Å². The lowest BCUT2D eigenvalue weighted by Crippen LogP contribution is -2.46. The van der Waals surface area contributed by atoms with Gasteiger partial charge >= 0.3 is 11.9 Å². The van der Waals surface area contributed by atoms with Crippen molar-refractivity contribution in [2.75, 3.05) is 20.3 Å². The standard InChI is InChI=1S/C14H24O5/c1-6-13(2,3)12(16)19-14(4,9-17-5)10-7-11(15)18-8-10/h10H,6-9H2,1-5H3. The summed E-state index contributed by atoms with van der Waals surface area (Å²) in [6.45, 7) is 7.96. The zero-order chi connectivity index (χ0) is 14.7. The van der Waals surface area contributed by atoms with Gasteiger partial charge in [-0.05, 0) is 27.2 Å². The fourth-order valence-corrected chi connectivity index (χ4v) is 1.92. The van der Waals surface area contributed by atoms with E-state index in [4.69, 9.17) is 14.2 Å². The van der Waals surface area contributed by atoms with E-state index in [9.17, 15) is 9.59 Å². The summed E-state index contributed by atoms with van der Waals surface area (Å²) in [5.41, 5.74) is -1.37. The van der Waals surface area contributed by atoms with Crippen LogP contribution in [-0.4, -0.2) is 37.9 Å². The van der Waals surface area contributed by atoms with Crippen LogP contribution in [0.5, 0.6) is 0 Å². The number of hydrogen-bond donors (Lipinski definition) is 0. The lowest BCUT2D eigenvalue weighted by atomic mass is 9.86. The Morgan fingerprint density at radius 2 is 2.05 bits per heavy atom. The van der Waals surface area contributed by atoms with Crippen molar-refractivity contribution in [1.29, 1.82) is 0 Å². The molecule has 0 spiro atoms. The smallest absolute Gasteiger partial charge is 0.312 e. The quantitative estimate of drug-likeness (QED) is 0.691. The van der Waals surface area contributed by atoms with E-state index in [0.29, 0.717) is 6.42 Å². The van der Waals surface area contributed by atoms with E-state index in [1.165, 1.54) is 0 Å². The molecule has 0 bridgehead atoms. The summed E-state index contributed by atoms with van der Waals surface area (Å²) in [7, 11) is 1.55. The largest absolute Gasteiger partial charge is 0.465 e. The highest BCUT2D eigenvalue weighted by molar-refractivity contribution is 5.76. The highest BCUT2D eigenvalue weighted by Gasteiger charge is 2.45. The molecule has 1 rings (SSSR count). The van der Waals surface area contributed by atoms with E-state index in [2.05, 4.69) is 0 Å². The third kappa shape index (κ3) is 3.69. The number of hydrogen-bond acceptors (Lipinski definition) is 5. The first kappa shape index (κ1) is 16.0. The normalized spacial score (nSPS) is 22.8. The highest BCUT2D eigenvalue weighted by Crippen LogP contribution is 2.33. The average Bonchev–Trinajstić information content (AvgIpc) is 2.76. The van der Waals surface area contributed by atoms with Gasteiger partial charge in [0, 0.05) is 13.0 Å². The van der Waals surface area contributed by atoms with Gasteiger partial charge in [-0.25, -0.2) is 0 Å². The Hall–Kier alpha value is -1.10. The predicted octanol–water partition coefficient (Wildman–Crippen LogP) is 1.93. The second kappa shape index (κ2) is 5.90. The van der Waals surface area contributed by atoms with E-state index in [0.717, 1.165) is 0 Å². The number of rotatable bonds is 6. The first-order valence-electron chi connectivity index (χ1n) is 6.63. The van der Waals surface area contributed by atoms with Crippen LogP contribution in [0.4, 0.5) is 0 Å². The van der Waals surface area contributed by atoms with E-state index >= 15 is 0 Å². The molecular weight excluding hydrogens is 248 g/mol. The summed E-state index contributed by atoms with van der Waals surface area (Å²) in [5.74, 6) is -0.677. The third-order valence-corrected chi connectivity index (χ3v) is 3.92. The van der Waals surface area contributed by atoms with E-state index in [1.54, 1.807) is 14.0 Å². The molecule has 0 aromatic carbocycles. The van der Waals surface area contributed by atoms with Crippen molar-refractivity contribution in [3.05, 3.63) is 0 Å². The van der Waals surface area contributed by atoms with Crippen molar-refractivity contribution < 1.29 is 23.8 Å². The Morgan fingerprint density at radius 3 is 2.47 bits per heavy atom. The Bertz CT molecular complexity index is 350. The molecule has 5 heteroatoms. The van der Waals surface area contributed by atoms with Gasteiger partial charge in [-0.1, -0.05) is 6.92 Å². The lowest BCUT2D eigenvalue weighted by molar-refractivity contribution is -0.181. The molecule has 1 fully saturated rings. The predicted molar refractivity (Wildman–Crippen MR) is 69.5 cm³/mol. The summed E-state index contributed by atoms with van der Waals surface area (Å²) in [5, 5.41) is 0. The van der Waals surface area contributed by atoms with E-state index < -0.39 is 11.0 Å². The lowest BCUT2D eigenvalue weighted by Gasteiger charge is -2.36.